The van der Waals surface area contributed by atoms with Crippen LogP contribution in [-0.2, 0) is 19.5 Å². The van der Waals surface area contributed by atoms with Crippen LogP contribution in [0.4, 0.5) is 0 Å². The fraction of sp³-hybridized carbons (Fsp3) is 0.786. The molecule has 44 heavy (non-hydrogen) atoms. The van der Waals surface area contributed by atoms with Gasteiger partial charge in [-0.3, -0.25) is 0 Å². The molecule has 0 radical (unpaired) electrons. The van der Waals surface area contributed by atoms with Crippen molar-refractivity contribution in [1.82, 2.24) is 4.57 Å². The van der Waals surface area contributed by atoms with E-state index in [1.165, 1.54) is 204 Å². The molecule has 2 aromatic rings. The zero-order chi connectivity index (χ0) is 31.2. The van der Waals surface area contributed by atoms with Gasteiger partial charge in [-0.25, -0.2) is 9.13 Å². The lowest BCUT2D eigenvalue weighted by atomic mass is 10.0. The number of unbranched alkanes of at least 4 members (excludes halogenated alkanes) is 26. The van der Waals surface area contributed by atoms with Crippen LogP contribution >= 0.6 is 0 Å². The van der Waals surface area contributed by atoms with Gasteiger partial charge in [-0.15, -0.1) is 0 Å². The third-order valence-corrected chi connectivity index (χ3v) is 9.80. The molecule has 2 heteroatoms. The summed E-state index contributed by atoms with van der Waals surface area (Å²) in [7, 11) is 0. The molecule has 0 saturated carbocycles. The van der Waals surface area contributed by atoms with Gasteiger partial charge < -0.3 is 0 Å². The van der Waals surface area contributed by atoms with Crippen molar-refractivity contribution in [2.24, 2.45) is 0 Å². The van der Waals surface area contributed by atoms with Crippen LogP contribution in [0.1, 0.15) is 205 Å². The van der Waals surface area contributed by atoms with Crippen molar-refractivity contribution in [2.75, 3.05) is 0 Å². The van der Waals surface area contributed by atoms with Gasteiger partial charge in [-0.1, -0.05) is 198 Å². The zero-order valence-corrected chi connectivity index (χ0v) is 29.9. The van der Waals surface area contributed by atoms with Gasteiger partial charge in [0.05, 0.1) is 19.5 Å². The Labute approximate surface area is 275 Å². The molecule has 0 unspecified atom stereocenters. The third-order valence-electron chi connectivity index (χ3n) is 9.80. The fourth-order valence-corrected chi connectivity index (χ4v) is 6.84. The molecule has 0 atom stereocenters. The molecular weight excluding hydrogens is 532 g/mol. The fourth-order valence-electron chi connectivity index (χ4n) is 6.84. The first-order chi connectivity index (χ1) is 21.8. The van der Waals surface area contributed by atoms with E-state index < -0.39 is 0 Å². The highest BCUT2D eigenvalue weighted by molar-refractivity contribution is 5.18. The van der Waals surface area contributed by atoms with Crippen molar-refractivity contribution in [3.63, 3.8) is 0 Å². The van der Waals surface area contributed by atoms with Gasteiger partial charge >= 0.3 is 0 Å². The molecule has 2 nitrogen and oxygen atoms in total. The first-order valence-electron chi connectivity index (χ1n) is 20.0. The Bertz CT molecular complexity index is 854. The SMILES string of the molecule is CCCCCCCCCCCCCCCCCCn1cc[n+](CCCCCCCCCCCCCC)c1Cc1ccccc1. The summed E-state index contributed by atoms with van der Waals surface area (Å²) >= 11 is 0. The van der Waals surface area contributed by atoms with Crippen molar-refractivity contribution in [3.05, 3.63) is 54.1 Å². The number of hydrogen-bond donors (Lipinski definition) is 0. The lowest BCUT2D eigenvalue weighted by molar-refractivity contribution is -0.703. The zero-order valence-electron chi connectivity index (χ0n) is 29.9. The maximum atomic E-state index is 2.57. The molecule has 0 fully saturated rings. The van der Waals surface area contributed by atoms with Crippen molar-refractivity contribution >= 4 is 0 Å². The number of nitrogens with zero attached hydrogens (tertiary/aromatic N) is 2. The summed E-state index contributed by atoms with van der Waals surface area (Å²) in [5, 5.41) is 0. The van der Waals surface area contributed by atoms with E-state index in [1.54, 1.807) is 0 Å². The van der Waals surface area contributed by atoms with Crippen LogP contribution < -0.4 is 4.57 Å². The Balaban J connectivity index is 1.56. The maximum absolute atomic E-state index is 2.57. The van der Waals surface area contributed by atoms with Gasteiger partial charge in [0.1, 0.15) is 12.4 Å². The van der Waals surface area contributed by atoms with Gasteiger partial charge in [-0.2, -0.15) is 0 Å². The molecule has 0 aliphatic heterocycles. The van der Waals surface area contributed by atoms with Crippen LogP contribution in [0.3, 0.4) is 0 Å². The van der Waals surface area contributed by atoms with Crippen LogP contribution in [0, 0.1) is 0 Å². The predicted octanol–water partition coefficient (Wildman–Crippen LogP) is 13.3. The standard InChI is InChI=1S/C42H75N2/c1-3-5-7-9-11-13-15-17-18-19-20-22-24-26-28-33-37-44-39-38-43(42(44)40-41-34-30-29-31-35-41)36-32-27-25-23-21-16-14-12-10-8-6-4-2/h29-31,34-35,38-39H,3-28,32-33,36-37,40H2,1-2H3/q+1. The Morgan fingerprint density at radius 3 is 1.27 bits per heavy atom. The number of aromatic nitrogens is 2. The molecule has 0 N–H and O–H groups in total. The Morgan fingerprint density at radius 2 is 0.841 bits per heavy atom. The largest absolute Gasteiger partial charge is 0.260 e. The van der Waals surface area contributed by atoms with E-state index in [-0.39, 0.29) is 0 Å². The molecule has 1 aromatic heterocycles. The molecule has 252 valence electrons. The summed E-state index contributed by atoms with van der Waals surface area (Å²) in [6, 6.07) is 11.1. The van der Waals surface area contributed by atoms with E-state index in [0.717, 1.165) is 6.42 Å². The molecule has 0 amide bonds. The van der Waals surface area contributed by atoms with Crippen LogP contribution in [0.2, 0.25) is 0 Å². The van der Waals surface area contributed by atoms with Gasteiger partial charge in [0, 0.05) is 0 Å². The van der Waals surface area contributed by atoms with Gasteiger partial charge in [0.25, 0.3) is 5.82 Å². The molecule has 1 aromatic carbocycles. The van der Waals surface area contributed by atoms with Gasteiger partial charge in [0.2, 0.25) is 0 Å². The highest BCUT2D eigenvalue weighted by Gasteiger charge is 2.17. The minimum absolute atomic E-state index is 1.05. The minimum atomic E-state index is 1.05. The lowest BCUT2D eigenvalue weighted by Crippen LogP contribution is -2.37. The molecular formula is C42H75N2+. The van der Waals surface area contributed by atoms with Crippen molar-refractivity contribution in [3.8, 4) is 0 Å². The van der Waals surface area contributed by atoms with Gasteiger partial charge in [0.15, 0.2) is 0 Å². The summed E-state index contributed by atoms with van der Waals surface area (Å²) in [5.41, 5.74) is 1.43. The summed E-state index contributed by atoms with van der Waals surface area (Å²) in [5.74, 6) is 1.50. The van der Waals surface area contributed by atoms with Crippen LogP contribution in [0.5, 0.6) is 0 Å². The summed E-state index contributed by atoms with van der Waals surface area (Å²) in [4.78, 5) is 0. The smallest absolute Gasteiger partial charge is 0.234 e. The highest BCUT2D eigenvalue weighted by Crippen LogP contribution is 2.16. The number of imidazole rings is 1. The number of benzene rings is 1. The molecule has 0 aliphatic carbocycles. The summed E-state index contributed by atoms with van der Waals surface area (Å²) < 4.78 is 5.13. The van der Waals surface area contributed by atoms with Crippen molar-refractivity contribution in [1.29, 1.82) is 0 Å². The van der Waals surface area contributed by atoms with Crippen molar-refractivity contribution in [2.45, 2.75) is 213 Å². The Hall–Kier alpha value is -1.57. The maximum Gasteiger partial charge on any atom is 0.260 e. The van der Waals surface area contributed by atoms with E-state index in [2.05, 4.69) is 65.7 Å². The van der Waals surface area contributed by atoms with E-state index in [1.807, 2.05) is 0 Å². The molecule has 0 spiro atoms. The summed E-state index contributed by atoms with van der Waals surface area (Å²) in [6.45, 7) is 6.96. The van der Waals surface area contributed by atoms with Crippen LogP contribution in [-0.4, -0.2) is 4.57 Å². The second-order valence-corrected chi connectivity index (χ2v) is 14.0. The normalized spacial score (nSPS) is 11.5. The number of rotatable bonds is 32. The molecule has 0 saturated heterocycles. The van der Waals surface area contributed by atoms with Crippen LogP contribution in [0.25, 0.3) is 0 Å². The Morgan fingerprint density at radius 1 is 0.455 bits per heavy atom. The van der Waals surface area contributed by atoms with Gasteiger partial charge in [-0.05, 0) is 31.2 Å². The average Bonchev–Trinajstić information content (AvgIpc) is 3.42. The molecule has 0 bridgehead atoms. The predicted molar refractivity (Wildman–Crippen MR) is 194 cm³/mol. The number of hydrogen-bond acceptors (Lipinski definition) is 0. The van der Waals surface area contributed by atoms with E-state index in [0.29, 0.717) is 0 Å². The molecule has 1 heterocycles. The summed E-state index contributed by atoms with van der Waals surface area (Å²) in [6.07, 6.45) is 45.7. The topological polar surface area (TPSA) is 8.81 Å². The Kier molecular flexibility index (Phi) is 25.3. The van der Waals surface area contributed by atoms with E-state index in [9.17, 15) is 0 Å². The monoisotopic (exact) mass is 608 g/mol. The first kappa shape index (κ1) is 38.6. The lowest BCUT2D eigenvalue weighted by Gasteiger charge is -2.07. The quantitative estimate of drug-likeness (QED) is 0.0578. The second-order valence-electron chi connectivity index (χ2n) is 14.0. The minimum Gasteiger partial charge on any atom is -0.234 e. The third kappa shape index (κ3) is 20.5. The molecule has 0 aliphatic rings. The first-order valence-corrected chi connectivity index (χ1v) is 20.0. The van der Waals surface area contributed by atoms with E-state index >= 15 is 0 Å². The average molecular weight is 608 g/mol. The molecule has 2 rings (SSSR count). The van der Waals surface area contributed by atoms with Crippen molar-refractivity contribution < 1.29 is 4.57 Å². The van der Waals surface area contributed by atoms with Crippen LogP contribution in [0.15, 0.2) is 42.7 Å². The highest BCUT2D eigenvalue weighted by atomic mass is 15.1. The number of aryl methyl sites for hydroxylation is 2. The van der Waals surface area contributed by atoms with E-state index in [4.69, 9.17) is 0 Å². The second kappa shape index (κ2) is 28.9.